The Morgan fingerprint density at radius 3 is 2.64 bits per heavy atom. The summed E-state index contributed by atoms with van der Waals surface area (Å²) >= 11 is 1.70. The van der Waals surface area contributed by atoms with Crippen LogP contribution in [0.2, 0.25) is 0 Å². The van der Waals surface area contributed by atoms with E-state index in [2.05, 4.69) is 29.0 Å². The molecule has 0 bridgehead atoms. The number of aryl methyl sites for hydroxylation is 1. The van der Waals surface area contributed by atoms with Gasteiger partial charge in [0, 0.05) is 4.70 Å². The lowest BCUT2D eigenvalue weighted by atomic mass is 10.1. The van der Waals surface area contributed by atoms with E-state index in [0.717, 1.165) is 4.88 Å². The molecule has 4 nitrogen and oxygen atoms in total. The summed E-state index contributed by atoms with van der Waals surface area (Å²) in [6.45, 7) is 7.88. The lowest BCUT2D eigenvalue weighted by Gasteiger charge is -2.27. The van der Waals surface area contributed by atoms with Crippen molar-refractivity contribution in [2.75, 3.05) is 0 Å². The minimum Gasteiger partial charge on any atom is -0.288 e. The molecular weight excluding hydrogens is 294 g/mol. The molecule has 22 heavy (non-hydrogen) atoms. The zero-order valence-corrected chi connectivity index (χ0v) is 14.0. The first-order valence-electron chi connectivity index (χ1n) is 7.17. The summed E-state index contributed by atoms with van der Waals surface area (Å²) in [5.41, 5.74) is 1.49. The fourth-order valence-electron chi connectivity index (χ4n) is 2.19. The molecule has 0 saturated carbocycles. The number of hydrogen-bond donors (Lipinski definition) is 1. The number of hydrogen-bond acceptors (Lipinski definition) is 5. The van der Waals surface area contributed by atoms with Gasteiger partial charge in [0.25, 0.3) is 0 Å². The molecule has 1 aromatic carbocycles. The number of benzene rings is 1. The van der Waals surface area contributed by atoms with E-state index in [4.69, 9.17) is 0 Å². The highest BCUT2D eigenvalue weighted by atomic mass is 32.1. The van der Waals surface area contributed by atoms with Gasteiger partial charge in [0.2, 0.25) is 0 Å². The second kappa shape index (κ2) is 5.34. The molecule has 0 spiro atoms. The van der Waals surface area contributed by atoms with E-state index in [-0.39, 0.29) is 5.54 Å². The average molecular weight is 313 g/mol. The molecule has 114 valence electrons. The van der Waals surface area contributed by atoms with Gasteiger partial charge in [0.1, 0.15) is 5.70 Å². The Labute approximate surface area is 134 Å². The van der Waals surface area contributed by atoms with Crippen molar-refractivity contribution in [3.05, 3.63) is 46.6 Å². The summed E-state index contributed by atoms with van der Waals surface area (Å²) in [4.78, 5) is 10.0. The minimum atomic E-state index is -0.368. The number of aliphatic imine (C=N–C) groups is 2. The number of fused-ring (bicyclic) bond motifs is 1. The maximum atomic E-state index is 10.0. The van der Waals surface area contributed by atoms with Crippen molar-refractivity contribution in [1.82, 2.24) is 5.06 Å². The third-order valence-corrected chi connectivity index (χ3v) is 4.81. The van der Waals surface area contributed by atoms with Crippen LogP contribution in [0.1, 0.15) is 31.2 Å². The monoisotopic (exact) mass is 313 g/mol. The highest BCUT2D eigenvalue weighted by Gasteiger charge is 2.19. The van der Waals surface area contributed by atoms with E-state index in [0.29, 0.717) is 11.5 Å². The average Bonchev–Trinajstić information content (AvgIpc) is 3.03. The largest absolute Gasteiger partial charge is 0.288 e. The van der Waals surface area contributed by atoms with Crippen molar-refractivity contribution >= 4 is 33.5 Å². The fraction of sp³-hybridized carbons (Fsp3) is 0.294. The molecule has 0 fully saturated rings. The van der Waals surface area contributed by atoms with E-state index in [1.165, 1.54) is 20.7 Å². The number of allylic oxidation sites excluding steroid dienone is 1. The first kappa shape index (κ1) is 14.9. The standard InChI is InChI=1S/C17H19N3OS/c1-11-13-7-5-6-8-14(13)22-15(11)16-18-9-12(19-16)10-20(21)17(2,3)4/h5-10,21H,1-4H3. The van der Waals surface area contributed by atoms with Crippen LogP contribution in [-0.4, -0.2) is 27.9 Å². The van der Waals surface area contributed by atoms with Crippen LogP contribution >= 0.6 is 11.3 Å². The van der Waals surface area contributed by atoms with Crippen LogP contribution in [-0.2, 0) is 0 Å². The van der Waals surface area contributed by atoms with Crippen molar-refractivity contribution < 1.29 is 5.21 Å². The van der Waals surface area contributed by atoms with E-state index in [9.17, 15) is 5.21 Å². The molecule has 0 aliphatic carbocycles. The Morgan fingerprint density at radius 1 is 1.23 bits per heavy atom. The van der Waals surface area contributed by atoms with Gasteiger partial charge in [-0.15, -0.1) is 11.3 Å². The second-order valence-electron chi connectivity index (χ2n) is 6.32. The van der Waals surface area contributed by atoms with Gasteiger partial charge in [-0.05, 0) is 44.7 Å². The molecule has 3 rings (SSSR count). The molecule has 5 heteroatoms. The summed E-state index contributed by atoms with van der Waals surface area (Å²) in [5.74, 6) is 0.715. The lowest BCUT2D eigenvalue weighted by Crippen LogP contribution is -2.34. The molecule has 2 heterocycles. The Hall–Kier alpha value is -1.98. The number of rotatable bonds is 2. The summed E-state index contributed by atoms with van der Waals surface area (Å²) in [7, 11) is 0. The van der Waals surface area contributed by atoms with E-state index >= 15 is 0 Å². The number of nitrogens with zero attached hydrogens (tertiary/aromatic N) is 3. The van der Waals surface area contributed by atoms with Crippen molar-refractivity contribution in [3.63, 3.8) is 0 Å². The molecule has 0 radical (unpaired) electrons. The quantitative estimate of drug-likeness (QED) is 0.837. The van der Waals surface area contributed by atoms with Gasteiger partial charge in [0.05, 0.1) is 22.8 Å². The molecule has 2 aromatic rings. The van der Waals surface area contributed by atoms with Crippen molar-refractivity contribution in [3.8, 4) is 0 Å². The molecule has 0 amide bonds. The van der Waals surface area contributed by atoms with Crippen LogP contribution in [0, 0.1) is 6.92 Å². The first-order valence-corrected chi connectivity index (χ1v) is 7.99. The van der Waals surface area contributed by atoms with Gasteiger partial charge in [-0.1, -0.05) is 18.2 Å². The third-order valence-electron chi connectivity index (χ3n) is 3.54. The topological polar surface area (TPSA) is 48.2 Å². The van der Waals surface area contributed by atoms with Gasteiger partial charge >= 0.3 is 0 Å². The Bertz CT molecular complexity index is 809. The third kappa shape index (κ3) is 2.69. The fourth-order valence-corrected chi connectivity index (χ4v) is 3.34. The minimum absolute atomic E-state index is 0.368. The molecule has 1 N–H and O–H groups in total. The summed E-state index contributed by atoms with van der Waals surface area (Å²) in [6.07, 6.45) is 3.30. The molecule has 1 aromatic heterocycles. The Kier molecular flexibility index (Phi) is 3.62. The smallest absolute Gasteiger partial charge is 0.170 e. The van der Waals surface area contributed by atoms with Gasteiger partial charge in [-0.3, -0.25) is 10.3 Å². The SMILES string of the molecule is Cc1c(C2=NC(=CN(O)C(C)(C)C)C=N2)sc2ccccc12. The highest BCUT2D eigenvalue weighted by molar-refractivity contribution is 7.21. The van der Waals surface area contributed by atoms with Crippen LogP contribution in [0.5, 0.6) is 0 Å². The molecule has 1 aliphatic rings. The predicted molar refractivity (Wildman–Crippen MR) is 93.1 cm³/mol. The van der Waals surface area contributed by atoms with E-state index in [1.807, 2.05) is 32.9 Å². The van der Waals surface area contributed by atoms with E-state index < -0.39 is 0 Å². The molecular formula is C17H19N3OS. The summed E-state index contributed by atoms with van der Waals surface area (Å²) < 4.78 is 1.24. The van der Waals surface area contributed by atoms with Crippen LogP contribution in [0.3, 0.4) is 0 Å². The van der Waals surface area contributed by atoms with Crippen LogP contribution < -0.4 is 0 Å². The Morgan fingerprint density at radius 2 is 1.95 bits per heavy atom. The normalized spacial score (nSPS) is 16.6. The number of thiophene rings is 1. The van der Waals surface area contributed by atoms with Crippen molar-refractivity contribution in [2.45, 2.75) is 33.2 Å². The predicted octanol–water partition coefficient (Wildman–Crippen LogP) is 4.37. The van der Waals surface area contributed by atoms with Gasteiger partial charge in [-0.2, -0.15) is 0 Å². The second-order valence-corrected chi connectivity index (χ2v) is 7.37. The maximum Gasteiger partial charge on any atom is 0.170 e. The van der Waals surface area contributed by atoms with Gasteiger partial charge in [-0.25, -0.2) is 9.98 Å². The lowest BCUT2D eigenvalue weighted by molar-refractivity contribution is -0.110. The zero-order valence-electron chi connectivity index (χ0n) is 13.2. The molecule has 0 atom stereocenters. The maximum absolute atomic E-state index is 10.0. The van der Waals surface area contributed by atoms with Crippen LogP contribution in [0.25, 0.3) is 10.1 Å². The molecule has 0 unspecified atom stereocenters. The van der Waals surface area contributed by atoms with Gasteiger partial charge < -0.3 is 0 Å². The zero-order chi connectivity index (χ0) is 15.9. The van der Waals surface area contributed by atoms with Crippen molar-refractivity contribution in [1.29, 1.82) is 0 Å². The van der Waals surface area contributed by atoms with Crippen LogP contribution in [0.4, 0.5) is 0 Å². The van der Waals surface area contributed by atoms with Crippen molar-refractivity contribution in [2.24, 2.45) is 9.98 Å². The van der Waals surface area contributed by atoms with Gasteiger partial charge in [0.15, 0.2) is 5.84 Å². The number of hydroxylamine groups is 2. The Balaban J connectivity index is 1.96. The summed E-state index contributed by atoms with van der Waals surface area (Å²) in [6, 6.07) is 8.32. The number of amidine groups is 1. The summed E-state index contributed by atoms with van der Waals surface area (Å²) in [5, 5.41) is 12.4. The first-order chi connectivity index (χ1) is 10.4. The molecule has 1 aliphatic heterocycles. The molecule has 0 saturated heterocycles. The van der Waals surface area contributed by atoms with Crippen LogP contribution in [0.15, 0.2) is 46.1 Å². The highest BCUT2D eigenvalue weighted by Crippen LogP contribution is 2.32. The van der Waals surface area contributed by atoms with E-state index in [1.54, 1.807) is 23.8 Å².